The van der Waals surface area contributed by atoms with Crippen LogP contribution < -0.4 is 19.5 Å². The number of hydrogen-bond acceptors (Lipinski definition) is 9. The molecule has 0 aliphatic rings. The SMILES string of the molecule is COc1ccc(C(=O)Oc2cc(C(=O)CNC(C)(C)C)ccc2OC(C)=O)cc1.CS(=O)(=O)O. The van der Waals surface area contributed by atoms with Crippen LogP contribution in [0.3, 0.4) is 0 Å². The lowest BCUT2D eigenvalue weighted by molar-refractivity contribution is -0.132. The molecule has 34 heavy (non-hydrogen) atoms. The first-order valence-corrected chi connectivity index (χ1v) is 11.8. The first-order valence-electron chi connectivity index (χ1n) is 9.98. The lowest BCUT2D eigenvalue weighted by Crippen LogP contribution is -2.39. The first kappa shape index (κ1) is 28.8. The Labute approximate surface area is 199 Å². The highest BCUT2D eigenvalue weighted by Crippen LogP contribution is 2.30. The second-order valence-electron chi connectivity index (χ2n) is 8.13. The molecule has 0 saturated heterocycles. The minimum atomic E-state index is -3.67. The van der Waals surface area contributed by atoms with Gasteiger partial charge in [0, 0.05) is 18.0 Å². The van der Waals surface area contributed by atoms with Crippen molar-refractivity contribution in [3.63, 3.8) is 0 Å². The van der Waals surface area contributed by atoms with Gasteiger partial charge in [-0.3, -0.25) is 14.1 Å². The van der Waals surface area contributed by atoms with Crippen LogP contribution in [0.5, 0.6) is 17.2 Å². The Morgan fingerprint density at radius 3 is 1.94 bits per heavy atom. The van der Waals surface area contributed by atoms with Gasteiger partial charge in [0.15, 0.2) is 17.3 Å². The predicted octanol–water partition coefficient (Wildman–Crippen LogP) is 2.91. The second kappa shape index (κ2) is 12.3. The van der Waals surface area contributed by atoms with Gasteiger partial charge in [0.1, 0.15) is 5.75 Å². The van der Waals surface area contributed by atoms with Crippen LogP contribution in [0.15, 0.2) is 42.5 Å². The minimum Gasteiger partial charge on any atom is -0.497 e. The van der Waals surface area contributed by atoms with Crippen LogP contribution in [-0.2, 0) is 14.9 Å². The molecular weight excluding hydrogens is 466 g/mol. The normalized spacial score (nSPS) is 11.0. The van der Waals surface area contributed by atoms with Gasteiger partial charge >= 0.3 is 11.9 Å². The maximum Gasteiger partial charge on any atom is 0.343 e. The molecule has 0 heterocycles. The van der Waals surface area contributed by atoms with E-state index in [1.54, 1.807) is 24.3 Å². The maximum atomic E-state index is 12.5. The highest BCUT2D eigenvalue weighted by Gasteiger charge is 2.18. The topological polar surface area (TPSA) is 145 Å². The van der Waals surface area contributed by atoms with Crippen molar-refractivity contribution in [2.45, 2.75) is 33.2 Å². The number of ketones is 1. The number of esters is 2. The standard InChI is InChI=1S/C22H25NO6.CH4O3S/c1-14(24)28-19-11-8-16(18(25)13-23-22(2,3)4)12-20(19)29-21(26)15-6-9-17(27-5)10-7-15;1-5(2,3)4/h6-12,23H,13H2,1-5H3;1H3,(H,2,3,4). The molecule has 2 aromatic rings. The van der Waals surface area contributed by atoms with Crippen LogP contribution in [0.1, 0.15) is 48.4 Å². The number of hydrogen-bond donors (Lipinski definition) is 2. The Morgan fingerprint density at radius 2 is 1.47 bits per heavy atom. The van der Waals surface area contributed by atoms with E-state index >= 15 is 0 Å². The predicted molar refractivity (Wildman–Crippen MR) is 125 cm³/mol. The summed E-state index contributed by atoms with van der Waals surface area (Å²) in [6.07, 6.45) is 0.715. The van der Waals surface area contributed by atoms with Gasteiger partial charge in [0.25, 0.3) is 10.1 Å². The summed E-state index contributed by atoms with van der Waals surface area (Å²) in [5.41, 5.74) is 0.387. The van der Waals surface area contributed by atoms with Gasteiger partial charge in [-0.15, -0.1) is 0 Å². The fraction of sp³-hybridized carbons (Fsp3) is 0.348. The van der Waals surface area contributed by atoms with E-state index in [-0.39, 0.29) is 34.9 Å². The monoisotopic (exact) mass is 495 g/mol. The molecule has 0 bridgehead atoms. The molecule has 11 heteroatoms. The third kappa shape index (κ3) is 11.5. The summed E-state index contributed by atoms with van der Waals surface area (Å²) < 4.78 is 41.5. The summed E-state index contributed by atoms with van der Waals surface area (Å²) in [6.45, 7) is 7.20. The first-order chi connectivity index (χ1) is 15.6. The van der Waals surface area contributed by atoms with E-state index in [9.17, 15) is 22.8 Å². The third-order valence-electron chi connectivity index (χ3n) is 3.83. The molecule has 0 spiro atoms. The van der Waals surface area contributed by atoms with Crippen molar-refractivity contribution >= 4 is 27.8 Å². The van der Waals surface area contributed by atoms with Gasteiger partial charge < -0.3 is 19.5 Å². The second-order valence-corrected chi connectivity index (χ2v) is 9.60. The molecule has 2 aromatic carbocycles. The summed E-state index contributed by atoms with van der Waals surface area (Å²) in [5, 5.41) is 3.11. The molecule has 0 amide bonds. The number of carbonyl (C=O) groups is 3. The fourth-order valence-electron chi connectivity index (χ4n) is 2.33. The van der Waals surface area contributed by atoms with Gasteiger partial charge in [0.05, 0.1) is 25.5 Å². The van der Waals surface area contributed by atoms with Crippen molar-refractivity contribution in [1.82, 2.24) is 5.32 Å². The Morgan fingerprint density at radius 1 is 0.941 bits per heavy atom. The van der Waals surface area contributed by atoms with Gasteiger partial charge in [-0.1, -0.05) is 0 Å². The molecule has 0 radical (unpaired) electrons. The molecule has 0 aliphatic carbocycles. The van der Waals surface area contributed by atoms with Crippen LogP contribution in [0, 0.1) is 0 Å². The molecule has 0 aromatic heterocycles. The zero-order valence-electron chi connectivity index (χ0n) is 19.9. The lowest BCUT2D eigenvalue weighted by atomic mass is 10.1. The van der Waals surface area contributed by atoms with E-state index in [1.807, 2.05) is 20.8 Å². The number of methoxy groups -OCH3 is 1. The van der Waals surface area contributed by atoms with Crippen molar-refractivity contribution in [2.75, 3.05) is 19.9 Å². The van der Waals surface area contributed by atoms with E-state index in [1.165, 1.54) is 32.2 Å². The maximum absolute atomic E-state index is 12.5. The van der Waals surface area contributed by atoms with E-state index in [0.29, 0.717) is 17.6 Å². The van der Waals surface area contributed by atoms with Gasteiger partial charge in [-0.25, -0.2) is 4.79 Å². The quantitative estimate of drug-likeness (QED) is 0.254. The summed E-state index contributed by atoms with van der Waals surface area (Å²) in [6, 6.07) is 10.7. The number of benzene rings is 2. The number of Topliss-reactive ketones (excluding diaryl/α,β-unsaturated/α-hetero) is 1. The average molecular weight is 496 g/mol. The van der Waals surface area contributed by atoms with Crippen molar-refractivity contribution in [3.05, 3.63) is 53.6 Å². The van der Waals surface area contributed by atoms with Gasteiger partial charge in [0.2, 0.25) is 0 Å². The Bertz CT molecular complexity index is 1110. The zero-order chi connectivity index (χ0) is 26.1. The summed E-state index contributed by atoms with van der Waals surface area (Å²) in [4.78, 5) is 36.3. The van der Waals surface area contributed by atoms with E-state index < -0.39 is 22.1 Å². The molecular formula is C23H29NO9S. The van der Waals surface area contributed by atoms with Crippen molar-refractivity contribution in [1.29, 1.82) is 0 Å². The smallest absolute Gasteiger partial charge is 0.343 e. The van der Waals surface area contributed by atoms with Crippen molar-refractivity contribution in [3.8, 4) is 17.2 Å². The van der Waals surface area contributed by atoms with Crippen LogP contribution >= 0.6 is 0 Å². The summed E-state index contributed by atoms with van der Waals surface area (Å²) in [5.74, 6) is -0.766. The molecule has 0 unspecified atom stereocenters. The largest absolute Gasteiger partial charge is 0.497 e. The fourth-order valence-corrected chi connectivity index (χ4v) is 2.33. The molecule has 10 nitrogen and oxygen atoms in total. The highest BCUT2D eigenvalue weighted by molar-refractivity contribution is 7.85. The van der Waals surface area contributed by atoms with E-state index in [4.69, 9.17) is 18.8 Å². The Balaban J connectivity index is 0.00000104. The van der Waals surface area contributed by atoms with Gasteiger partial charge in [-0.05, 0) is 63.2 Å². The molecule has 0 saturated carbocycles. The lowest BCUT2D eigenvalue weighted by Gasteiger charge is -2.20. The molecule has 2 rings (SSSR count). The average Bonchev–Trinajstić information content (AvgIpc) is 2.71. The number of rotatable bonds is 7. The van der Waals surface area contributed by atoms with E-state index in [0.717, 1.165) is 0 Å². The highest BCUT2D eigenvalue weighted by atomic mass is 32.2. The van der Waals surface area contributed by atoms with Crippen LogP contribution in [0.4, 0.5) is 0 Å². The molecule has 0 aliphatic heterocycles. The minimum absolute atomic E-state index is 0.0115. The molecule has 0 atom stereocenters. The number of ether oxygens (including phenoxy) is 3. The number of carbonyl (C=O) groups excluding carboxylic acids is 3. The summed E-state index contributed by atoms with van der Waals surface area (Å²) >= 11 is 0. The van der Waals surface area contributed by atoms with Crippen molar-refractivity contribution in [2.24, 2.45) is 0 Å². The molecule has 186 valence electrons. The molecule has 2 N–H and O–H groups in total. The number of nitrogens with one attached hydrogen (secondary N) is 1. The zero-order valence-corrected chi connectivity index (χ0v) is 20.7. The van der Waals surface area contributed by atoms with Crippen LogP contribution in [0.25, 0.3) is 0 Å². The molecule has 0 fully saturated rings. The van der Waals surface area contributed by atoms with Crippen LogP contribution in [0.2, 0.25) is 0 Å². The van der Waals surface area contributed by atoms with E-state index in [2.05, 4.69) is 5.32 Å². The van der Waals surface area contributed by atoms with Crippen LogP contribution in [-0.4, -0.2) is 56.1 Å². The Hall–Kier alpha value is -3.28. The van der Waals surface area contributed by atoms with Crippen molar-refractivity contribution < 1.29 is 41.6 Å². The third-order valence-corrected chi connectivity index (χ3v) is 3.83. The Kier molecular flexibility index (Phi) is 10.4. The summed E-state index contributed by atoms with van der Waals surface area (Å²) in [7, 11) is -2.14. The van der Waals surface area contributed by atoms with Gasteiger partial charge in [-0.2, -0.15) is 8.42 Å².